The van der Waals surface area contributed by atoms with Crippen LogP contribution in [0.1, 0.15) is 22.2 Å². The Morgan fingerprint density at radius 1 is 0.708 bits per heavy atom. The molecule has 0 aliphatic heterocycles. The molecule has 7 rings (SSSR count). The zero-order chi connectivity index (χ0) is 34.6. The van der Waals surface area contributed by atoms with Gasteiger partial charge in [-0.1, -0.05) is 74.5 Å². The number of alkyl halides is 3. The fourth-order valence-electron chi connectivity index (χ4n) is 5.07. The average Bonchev–Trinajstić information content (AvgIpc) is 3.52. The Morgan fingerprint density at radius 3 is 1.98 bits per heavy atom. The van der Waals surface area contributed by atoms with Crippen LogP contribution in [0, 0.1) is 17.5 Å². The molecule has 0 spiro atoms. The maximum Gasteiger partial charge on any atom is 0.394 e. The molecule has 0 fully saturated rings. The Bertz CT molecular complexity index is 2150. The molecule has 0 aliphatic rings. The fourth-order valence-corrected chi connectivity index (χ4v) is 5.07. The molecule has 0 saturated carbocycles. The molecule has 3 nitrogen and oxygen atoms in total. The summed E-state index contributed by atoms with van der Waals surface area (Å²) in [6, 6.07) is 50.0. The van der Waals surface area contributed by atoms with Crippen molar-refractivity contribution in [3.05, 3.63) is 163 Å². The zero-order valence-electron chi connectivity index (χ0n) is 28.2. The summed E-state index contributed by atoms with van der Waals surface area (Å²) < 4.78 is 58.3. The van der Waals surface area contributed by atoms with Gasteiger partial charge in [0.05, 0.1) is 22.3 Å². The minimum absolute atomic E-state index is 0. The molecule has 7 heteroatoms. The van der Waals surface area contributed by atoms with Crippen LogP contribution < -0.4 is 0 Å². The normalized spacial score (nSPS) is 12.3. The number of rotatable bonds is 6. The van der Waals surface area contributed by atoms with Gasteiger partial charge in [0.1, 0.15) is 0 Å². The standard InChI is InChI=1S/C22H19F3N.C19H13N2.Ir/c1-21(2,22(23,24)25)15-16-8-10-17(11-9-16)19-12-13-26-20(14-19)18-6-4-3-5-7-18;1-3-9-15(10-4-1)19-20-17-13-7-8-14-18(17)21(19)16-11-5-2-6-12-16;/h3-6,8-14H,15H2,1-2H3;1-9,11-14H;/q2*-1;/i15D2;;. The second-order valence-corrected chi connectivity index (χ2v) is 11.4. The summed E-state index contributed by atoms with van der Waals surface area (Å²) >= 11 is 0. The molecule has 5 aromatic carbocycles. The Morgan fingerprint density at radius 2 is 1.33 bits per heavy atom. The van der Waals surface area contributed by atoms with Gasteiger partial charge in [0.2, 0.25) is 0 Å². The van der Waals surface area contributed by atoms with Gasteiger partial charge in [0.15, 0.2) is 0 Å². The smallest absolute Gasteiger partial charge is 0.333 e. The summed E-state index contributed by atoms with van der Waals surface area (Å²) in [5, 5.41) is 0. The van der Waals surface area contributed by atoms with E-state index >= 15 is 0 Å². The number of fused-ring (bicyclic) bond motifs is 1. The zero-order valence-corrected chi connectivity index (χ0v) is 28.6. The van der Waals surface area contributed by atoms with Crippen LogP contribution in [-0.4, -0.2) is 20.7 Å². The van der Waals surface area contributed by atoms with Crippen LogP contribution in [0.3, 0.4) is 0 Å². The third-order valence-corrected chi connectivity index (χ3v) is 7.65. The molecular weight excluding hydrogens is 784 g/mol. The molecule has 7 aromatic rings. The van der Waals surface area contributed by atoms with Crippen molar-refractivity contribution in [1.29, 1.82) is 0 Å². The maximum atomic E-state index is 13.3. The van der Waals surface area contributed by atoms with Crippen molar-refractivity contribution >= 4 is 11.0 Å². The minimum Gasteiger partial charge on any atom is -0.333 e. The summed E-state index contributed by atoms with van der Waals surface area (Å²) in [6.07, 6.45) is -5.57. The van der Waals surface area contributed by atoms with Crippen LogP contribution in [0.4, 0.5) is 13.2 Å². The van der Waals surface area contributed by atoms with Gasteiger partial charge in [-0.05, 0) is 59.1 Å². The van der Waals surface area contributed by atoms with Crippen molar-refractivity contribution in [3.63, 3.8) is 0 Å². The summed E-state index contributed by atoms with van der Waals surface area (Å²) in [5.74, 6) is 0.919. The number of hydrogen-bond donors (Lipinski definition) is 0. The summed E-state index contributed by atoms with van der Waals surface area (Å²) in [7, 11) is 0. The van der Waals surface area contributed by atoms with E-state index in [9.17, 15) is 13.2 Å². The van der Waals surface area contributed by atoms with Gasteiger partial charge < -0.3 is 9.55 Å². The van der Waals surface area contributed by atoms with E-state index in [0.717, 1.165) is 64.3 Å². The van der Waals surface area contributed by atoms with E-state index in [1.165, 1.54) is 12.1 Å². The van der Waals surface area contributed by atoms with E-state index < -0.39 is 18.0 Å². The van der Waals surface area contributed by atoms with Crippen LogP contribution in [-0.2, 0) is 26.5 Å². The maximum absolute atomic E-state index is 13.3. The molecule has 0 aliphatic carbocycles. The molecule has 0 amide bonds. The Labute approximate surface area is 295 Å². The fraction of sp³-hybridized carbons (Fsp3) is 0.122. The first-order valence-electron chi connectivity index (χ1n) is 16.1. The molecule has 0 N–H and O–H groups in total. The van der Waals surface area contributed by atoms with Crippen LogP contribution in [0.25, 0.3) is 50.5 Å². The largest absolute Gasteiger partial charge is 0.394 e. The van der Waals surface area contributed by atoms with Crippen molar-refractivity contribution in [1.82, 2.24) is 14.5 Å². The summed E-state index contributed by atoms with van der Waals surface area (Å²) in [6.45, 7) is 1.76. The van der Waals surface area contributed by atoms with Gasteiger partial charge in [-0.2, -0.15) is 13.2 Å². The van der Waals surface area contributed by atoms with E-state index in [2.05, 4.69) is 39.9 Å². The van der Waals surface area contributed by atoms with Gasteiger partial charge in [0.25, 0.3) is 0 Å². The number of benzene rings is 5. The van der Waals surface area contributed by atoms with Crippen molar-refractivity contribution in [2.45, 2.75) is 26.4 Å². The molecule has 2 aromatic heterocycles. The second kappa shape index (κ2) is 14.9. The number of para-hydroxylation sites is 3. The first-order valence-corrected chi connectivity index (χ1v) is 15.1. The molecular formula is C41H32F3IrN3-2. The predicted molar refractivity (Wildman–Crippen MR) is 183 cm³/mol. The van der Waals surface area contributed by atoms with Crippen molar-refractivity contribution in [3.8, 4) is 39.5 Å². The van der Waals surface area contributed by atoms with E-state index in [0.29, 0.717) is 0 Å². The number of hydrogen-bond acceptors (Lipinski definition) is 2. The van der Waals surface area contributed by atoms with Crippen LogP contribution >= 0.6 is 0 Å². The van der Waals surface area contributed by atoms with Crippen LogP contribution in [0.15, 0.2) is 146 Å². The van der Waals surface area contributed by atoms with Gasteiger partial charge in [0, 0.05) is 34.7 Å². The number of nitrogens with zero attached hydrogens (tertiary/aromatic N) is 3. The number of imidazole rings is 1. The van der Waals surface area contributed by atoms with Gasteiger partial charge >= 0.3 is 6.18 Å². The quantitative estimate of drug-likeness (QED) is 0.157. The third kappa shape index (κ3) is 7.82. The number of aromatic nitrogens is 3. The topological polar surface area (TPSA) is 30.7 Å². The summed E-state index contributed by atoms with van der Waals surface area (Å²) in [5.41, 5.74) is 4.85. The molecule has 48 heavy (non-hydrogen) atoms. The van der Waals surface area contributed by atoms with Gasteiger partial charge in [-0.3, -0.25) is 4.98 Å². The molecule has 0 saturated heterocycles. The third-order valence-electron chi connectivity index (χ3n) is 7.65. The van der Waals surface area contributed by atoms with E-state index in [1.54, 1.807) is 30.5 Å². The first kappa shape index (κ1) is 31.7. The average molecular weight is 818 g/mol. The van der Waals surface area contributed by atoms with Crippen molar-refractivity contribution < 1.29 is 36.0 Å². The molecule has 2 heterocycles. The van der Waals surface area contributed by atoms with E-state index in [-0.39, 0.29) is 25.7 Å². The Hall–Kier alpha value is -4.84. The van der Waals surface area contributed by atoms with Gasteiger partial charge in [-0.15, -0.1) is 71.8 Å². The SMILES string of the molecule is [2H]C([2H])(c1ccc(-c2ccnc(-c3[c-]cccc3)c2)cc1)C(C)(C)C(F)(F)F.[Ir].[c-]1ccccc1-c1nc2ccccc2n1-c1ccccc1. The molecule has 243 valence electrons. The Kier molecular flexibility index (Phi) is 9.88. The van der Waals surface area contributed by atoms with Crippen molar-refractivity contribution in [2.24, 2.45) is 5.41 Å². The van der Waals surface area contributed by atoms with E-state index in [1.807, 2.05) is 84.9 Å². The van der Waals surface area contributed by atoms with Crippen molar-refractivity contribution in [2.75, 3.05) is 0 Å². The summed E-state index contributed by atoms with van der Waals surface area (Å²) in [4.78, 5) is 9.13. The Balaban J connectivity index is 0.000000197. The van der Waals surface area contributed by atoms with Gasteiger partial charge in [-0.25, -0.2) is 0 Å². The van der Waals surface area contributed by atoms with E-state index in [4.69, 9.17) is 7.73 Å². The second-order valence-electron chi connectivity index (χ2n) is 11.4. The molecule has 0 unspecified atom stereocenters. The molecule has 0 atom stereocenters. The van der Waals surface area contributed by atoms with Crippen LogP contribution in [0.5, 0.6) is 0 Å². The monoisotopic (exact) mass is 818 g/mol. The predicted octanol–water partition coefficient (Wildman–Crippen LogP) is 10.8. The minimum atomic E-state index is -4.67. The first-order chi connectivity index (χ1) is 23.5. The van der Waals surface area contributed by atoms with Crippen LogP contribution in [0.2, 0.25) is 0 Å². The number of pyridine rings is 1. The number of halogens is 3. The molecule has 0 bridgehead atoms. The molecule has 1 radical (unpaired) electrons.